The highest BCUT2D eigenvalue weighted by molar-refractivity contribution is 6.20. The van der Waals surface area contributed by atoms with Crippen LogP contribution in [0.5, 0.6) is 0 Å². The number of Topliss-reactive ketones (excluding diaryl/α,β-unsaturated/α-hetero) is 1. The Hall–Kier alpha value is -3.67. The van der Waals surface area contributed by atoms with E-state index in [1.54, 1.807) is 30.6 Å². The van der Waals surface area contributed by atoms with Crippen molar-refractivity contribution < 1.29 is 19.1 Å². The van der Waals surface area contributed by atoms with Gasteiger partial charge in [-0.2, -0.15) is 0 Å². The van der Waals surface area contributed by atoms with Crippen LogP contribution in [0.2, 0.25) is 0 Å². The Kier molecular flexibility index (Phi) is 4.31. The lowest BCUT2D eigenvalue weighted by Gasteiger charge is -2.28. The monoisotopic (exact) mass is 374 g/mol. The van der Waals surface area contributed by atoms with Crippen molar-refractivity contribution in [1.29, 1.82) is 0 Å². The highest BCUT2D eigenvalue weighted by atomic mass is 16.3. The number of benzene rings is 1. The van der Waals surface area contributed by atoms with Crippen LogP contribution < -0.4 is 4.90 Å². The molecule has 0 aliphatic carbocycles. The zero-order chi connectivity index (χ0) is 19.8. The summed E-state index contributed by atoms with van der Waals surface area (Å²) in [7, 11) is 0. The summed E-state index contributed by atoms with van der Waals surface area (Å²) in [4.78, 5) is 31.6. The van der Waals surface area contributed by atoms with Gasteiger partial charge in [0, 0.05) is 18.1 Å². The Balaban J connectivity index is 1.90. The van der Waals surface area contributed by atoms with Gasteiger partial charge in [-0.1, -0.05) is 23.8 Å². The zero-order valence-corrected chi connectivity index (χ0v) is 15.4. The number of aliphatic hydroxyl groups excluding tert-OH is 1. The van der Waals surface area contributed by atoms with Crippen LogP contribution in [-0.2, 0) is 4.79 Å². The summed E-state index contributed by atoms with van der Waals surface area (Å²) < 4.78 is 5.22. The third kappa shape index (κ3) is 2.79. The molecule has 1 aromatic carbocycles. The van der Waals surface area contributed by atoms with Crippen LogP contribution >= 0.6 is 0 Å². The number of ketones is 1. The van der Waals surface area contributed by atoms with Crippen LogP contribution in [0.1, 0.15) is 33.3 Å². The van der Waals surface area contributed by atoms with Gasteiger partial charge in [-0.15, -0.1) is 0 Å². The Labute approximate surface area is 161 Å². The first-order valence-corrected chi connectivity index (χ1v) is 8.81. The van der Waals surface area contributed by atoms with Gasteiger partial charge in [0.2, 0.25) is 5.78 Å². The molecule has 4 rings (SSSR count). The second kappa shape index (κ2) is 6.81. The highest BCUT2D eigenvalue weighted by Gasteiger charge is 2.45. The van der Waals surface area contributed by atoms with E-state index >= 15 is 0 Å². The first-order valence-electron chi connectivity index (χ1n) is 8.81. The fourth-order valence-corrected chi connectivity index (χ4v) is 3.55. The van der Waals surface area contributed by atoms with E-state index in [1.165, 1.54) is 17.2 Å². The molecule has 6 nitrogen and oxygen atoms in total. The molecule has 0 radical (unpaired) electrons. The maximum atomic E-state index is 13.1. The molecule has 28 heavy (non-hydrogen) atoms. The number of hydrogen-bond donors (Lipinski definition) is 1. The molecule has 1 unspecified atom stereocenters. The van der Waals surface area contributed by atoms with Gasteiger partial charge in [-0.25, -0.2) is 0 Å². The molecule has 140 valence electrons. The molecule has 0 saturated heterocycles. The quantitative estimate of drug-likeness (QED) is 0.696. The van der Waals surface area contributed by atoms with Gasteiger partial charge in [0.25, 0.3) is 5.91 Å². The number of aromatic nitrogens is 1. The van der Waals surface area contributed by atoms with Gasteiger partial charge in [-0.3, -0.25) is 19.5 Å². The van der Waals surface area contributed by atoms with Crippen molar-refractivity contribution in [3.8, 4) is 0 Å². The minimum Gasteiger partial charge on any atom is -0.503 e. The van der Waals surface area contributed by atoms with Gasteiger partial charge in [0.15, 0.2) is 11.5 Å². The molecule has 3 aromatic rings. The first kappa shape index (κ1) is 17.7. The van der Waals surface area contributed by atoms with Crippen molar-refractivity contribution in [1.82, 2.24) is 4.98 Å². The number of carbonyl (C=O) groups is 2. The lowest BCUT2D eigenvalue weighted by Crippen LogP contribution is -2.31. The summed E-state index contributed by atoms with van der Waals surface area (Å²) >= 11 is 0. The van der Waals surface area contributed by atoms with E-state index in [-0.39, 0.29) is 11.3 Å². The number of nitrogens with zero attached hydrogens (tertiary/aromatic N) is 2. The number of aryl methyl sites for hydroxylation is 2. The third-order valence-electron chi connectivity index (χ3n) is 4.81. The van der Waals surface area contributed by atoms with E-state index in [0.717, 1.165) is 11.1 Å². The van der Waals surface area contributed by atoms with Crippen molar-refractivity contribution in [3.05, 3.63) is 94.9 Å². The molecule has 0 fully saturated rings. The number of pyridine rings is 1. The molecule has 0 bridgehead atoms. The summed E-state index contributed by atoms with van der Waals surface area (Å²) in [6.07, 6.45) is 4.57. The summed E-state index contributed by atoms with van der Waals surface area (Å²) in [5.41, 5.74) is 3.14. The van der Waals surface area contributed by atoms with E-state index < -0.39 is 23.5 Å². The maximum Gasteiger partial charge on any atom is 0.294 e. The van der Waals surface area contributed by atoms with Crippen LogP contribution in [0.25, 0.3) is 0 Å². The molecule has 1 amide bonds. The summed E-state index contributed by atoms with van der Waals surface area (Å²) in [6.45, 7) is 3.85. The molecule has 1 N–H and O–H groups in total. The molecule has 1 atom stereocenters. The average Bonchev–Trinajstić information content (AvgIpc) is 3.31. The summed E-state index contributed by atoms with van der Waals surface area (Å²) in [6, 6.07) is 11.4. The van der Waals surface area contributed by atoms with Gasteiger partial charge in [-0.05, 0) is 49.2 Å². The minimum atomic E-state index is -0.805. The topological polar surface area (TPSA) is 83.6 Å². The predicted octanol–water partition coefficient (Wildman–Crippen LogP) is 4.07. The fourth-order valence-electron chi connectivity index (χ4n) is 3.55. The number of anilines is 1. The first-order chi connectivity index (χ1) is 13.5. The van der Waals surface area contributed by atoms with E-state index in [2.05, 4.69) is 4.98 Å². The second-order valence-corrected chi connectivity index (χ2v) is 6.72. The SMILES string of the molecule is Cc1ccc(N2C(=O)C(O)=C(C(=O)c3ccco3)C2c2cccnc2)c(C)c1. The van der Waals surface area contributed by atoms with Crippen LogP contribution in [0.15, 0.2) is 76.9 Å². The summed E-state index contributed by atoms with van der Waals surface area (Å²) in [5.74, 6) is -1.67. The van der Waals surface area contributed by atoms with E-state index in [4.69, 9.17) is 4.42 Å². The molecular weight excluding hydrogens is 356 g/mol. The van der Waals surface area contributed by atoms with Crippen molar-refractivity contribution in [3.63, 3.8) is 0 Å². The van der Waals surface area contributed by atoms with Crippen molar-refractivity contribution >= 4 is 17.4 Å². The van der Waals surface area contributed by atoms with Crippen LogP contribution in [-0.4, -0.2) is 21.8 Å². The van der Waals surface area contributed by atoms with Crippen molar-refractivity contribution in [2.45, 2.75) is 19.9 Å². The standard InChI is InChI=1S/C22H18N2O4/c1-13-7-8-16(14(2)11-13)24-19(15-5-3-9-23-12-15)18(21(26)22(24)27)20(25)17-6-4-10-28-17/h3-12,19,26H,1-2H3. The number of furan rings is 1. The molecule has 3 heterocycles. The van der Waals surface area contributed by atoms with Crippen LogP contribution in [0.3, 0.4) is 0 Å². The molecule has 6 heteroatoms. The Morgan fingerprint density at radius 3 is 2.64 bits per heavy atom. The van der Waals surface area contributed by atoms with Crippen molar-refractivity contribution in [2.75, 3.05) is 4.90 Å². The highest BCUT2D eigenvalue weighted by Crippen LogP contribution is 2.42. The third-order valence-corrected chi connectivity index (χ3v) is 4.81. The number of amides is 1. The zero-order valence-electron chi connectivity index (χ0n) is 15.4. The Morgan fingerprint density at radius 1 is 1.18 bits per heavy atom. The summed E-state index contributed by atoms with van der Waals surface area (Å²) in [5, 5.41) is 10.6. The lowest BCUT2D eigenvalue weighted by atomic mass is 9.95. The molecule has 0 saturated carbocycles. The Morgan fingerprint density at radius 2 is 2.00 bits per heavy atom. The average molecular weight is 374 g/mol. The van der Waals surface area contributed by atoms with Gasteiger partial charge in [0.05, 0.1) is 17.9 Å². The predicted molar refractivity (Wildman–Crippen MR) is 103 cm³/mol. The van der Waals surface area contributed by atoms with E-state index in [1.807, 2.05) is 32.0 Å². The maximum absolute atomic E-state index is 13.1. The smallest absolute Gasteiger partial charge is 0.294 e. The van der Waals surface area contributed by atoms with Gasteiger partial charge < -0.3 is 9.52 Å². The fraction of sp³-hybridized carbons (Fsp3) is 0.136. The molecule has 1 aliphatic rings. The van der Waals surface area contributed by atoms with Crippen molar-refractivity contribution in [2.24, 2.45) is 0 Å². The normalized spacial score (nSPS) is 16.7. The van der Waals surface area contributed by atoms with Gasteiger partial charge >= 0.3 is 0 Å². The van der Waals surface area contributed by atoms with E-state index in [9.17, 15) is 14.7 Å². The minimum absolute atomic E-state index is 0.0204. The number of aliphatic hydroxyl groups is 1. The van der Waals surface area contributed by atoms with Crippen LogP contribution in [0.4, 0.5) is 5.69 Å². The number of rotatable bonds is 4. The lowest BCUT2D eigenvalue weighted by molar-refractivity contribution is -0.117. The second-order valence-electron chi connectivity index (χ2n) is 6.72. The molecule has 0 spiro atoms. The molecular formula is C22H18N2O4. The van der Waals surface area contributed by atoms with E-state index in [0.29, 0.717) is 11.3 Å². The Bertz CT molecular complexity index is 1080. The largest absolute Gasteiger partial charge is 0.503 e. The molecule has 2 aromatic heterocycles. The number of hydrogen-bond acceptors (Lipinski definition) is 5. The van der Waals surface area contributed by atoms with Crippen LogP contribution in [0, 0.1) is 13.8 Å². The number of carbonyl (C=O) groups excluding carboxylic acids is 2. The molecule has 1 aliphatic heterocycles. The van der Waals surface area contributed by atoms with Gasteiger partial charge in [0.1, 0.15) is 0 Å².